The number of fused-ring (bicyclic) bond motifs is 1. The van der Waals surface area contributed by atoms with Crippen LogP contribution in [0.25, 0.3) is 10.8 Å². The number of aromatic nitrogens is 2. The lowest BCUT2D eigenvalue weighted by molar-refractivity contribution is -0.138. The molecule has 5 rings (SSSR count). The van der Waals surface area contributed by atoms with Crippen LogP contribution >= 0.6 is 0 Å². The molecule has 3 aromatic carbocycles. The van der Waals surface area contributed by atoms with Crippen molar-refractivity contribution in [3.8, 4) is 11.6 Å². The third-order valence-corrected chi connectivity index (χ3v) is 7.04. The number of likely N-dealkylation sites (N-methyl/N-ethyl adjacent to an activating group) is 1. The number of methoxy groups -OCH3 is 1. The van der Waals surface area contributed by atoms with E-state index in [1.807, 2.05) is 11.9 Å². The molecule has 43 heavy (non-hydrogen) atoms. The number of alkyl halides is 3. The first kappa shape index (κ1) is 29.7. The van der Waals surface area contributed by atoms with Crippen molar-refractivity contribution in [1.29, 1.82) is 0 Å². The summed E-state index contributed by atoms with van der Waals surface area (Å²) in [6.45, 7) is 3.15. The number of halogens is 3. The molecule has 2 N–H and O–H groups in total. The van der Waals surface area contributed by atoms with E-state index in [2.05, 4.69) is 30.2 Å². The molecule has 4 aromatic rings. The Morgan fingerprint density at radius 1 is 0.953 bits per heavy atom. The molecule has 10 nitrogen and oxygen atoms in total. The summed E-state index contributed by atoms with van der Waals surface area (Å²) >= 11 is 0. The lowest BCUT2D eigenvalue weighted by atomic mass is 10.0. The van der Waals surface area contributed by atoms with E-state index in [4.69, 9.17) is 4.74 Å². The minimum atomic E-state index is -4.57. The third kappa shape index (κ3) is 7.37. The molecule has 0 spiro atoms. The van der Waals surface area contributed by atoms with E-state index in [0.717, 1.165) is 19.2 Å². The first-order valence-electron chi connectivity index (χ1n) is 13.4. The summed E-state index contributed by atoms with van der Waals surface area (Å²) in [5.74, 6) is 0.191. The zero-order valence-electron chi connectivity index (χ0n) is 23.4. The van der Waals surface area contributed by atoms with Gasteiger partial charge >= 0.3 is 12.3 Å². The molecule has 2 heterocycles. The third-order valence-electron chi connectivity index (χ3n) is 7.04. The van der Waals surface area contributed by atoms with Gasteiger partial charge in [0.15, 0.2) is 0 Å². The Morgan fingerprint density at radius 2 is 1.74 bits per heavy atom. The summed E-state index contributed by atoms with van der Waals surface area (Å²) in [6, 6.07) is 15.4. The number of carbonyl (C=O) groups is 2. The molecule has 1 aliphatic rings. The van der Waals surface area contributed by atoms with Gasteiger partial charge in [0.05, 0.1) is 12.7 Å². The second-order valence-corrected chi connectivity index (χ2v) is 10.1. The number of ether oxygens (including phenoxy) is 2. The molecule has 0 saturated carbocycles. The Hall–Kier alpha value is -4.75. The molecule has 224 valence electrons. The van der Waals surface area contributed by atoms with Crippen LogP contribution in [0.1, 0.15) is 21.5 Å². The number of benzene rings is 3. The fourth-order valence-corrected chi connectivity index (χ4v) is 4.76. The van der Waals surface area contributed by atoms with Gasteiger partial charge in [-0.1, -0.05) is 18.2 Å². The van der Waals surface area contributed by atoms with Gasteiger partial charge in [-0.2, -0.15) is 13.2 Å². The Morgan fingerprint density at radius 3 is 2.49 bits per heavy atom. The summed E-state index contributed by atoms with van der Waals surface area (Å²) < 4.78 is 52.4. The first-order chi connectivity index (χ1) is 20.6. The maximum Gasteiger partial charge on any atom is 0.416 e. The molecule has 1 aromatic heterocycles. The van der Waals surface area contributed by atoms with E-state index < -0.39 is 23.7 Å². The summed E-state index contributed by atoms with van der Waals surface area (Å²) in [6.07, 6.45) is -4.05. The molecule has 1 aliphatic heterocycles. The van der Waals surface area contributed by atoms with Crippen LogP contribution in [-0.4, -0.2) is 72.1 Å². The Kier molecular flexibility index (Phi) is 8.73. The van der Waals surface area contributed by atoms with Gasteiger partial charge in [0.1, 0.15) is 17.9 Å². The molecule has 1 fully saturated rings. The van der Waals surface area contributed by atoms with Crippen LogP contribution in [0.2, 0.25) is 0 Å². The molecule has 0 atom stereocenters. The fourth-order valence-electron chi connectivity index (χ4n) is 4.76. The second kappa shape index (κ2) is 12.6. The Balaban J connectivity index is 1.33. The van der Waals surface area contributed by atoms with Crippen molar-refractivity contribution in [2.45, 2.75) is 12.7 Å². The standard InChI is InChI=1S/C30H29F3N6O4/c1-38-10-12-39(13-11-38)17-20-6-7-21(15-25(20)30(31,32)33)36-28(40)24-5-3-4-19-14-22(8-9-23(19)24)43-27-16-26(34-18-35-27)37-29(41)42-2/h3-9,14-16,18H,10-13,17H2,1-2H3,(H,36,40)(H,34,35,37,41). The van der Waals surface area contributed by atoms with Gasteiger partial charge < -0.3 is 19.7 Å². The Labute approximate surface area is 245 Å². The number of nitrogens with one attached hydrogen (secondary N) is 2. The van der Waals surface area contributed by atoms with E-state index in [1.165, 1.54) is 31.6 Å². The normalized spacial score (nSPS) is 14.3. The minimum absolute atomic E-state index is 0.0524. The number of piperazine rings is 1. The predicted molar refractivity (Wildman–Crippen MR) is 154 cm³/mol. The SMILES string of the molecule is COC(=O)Nc1cc(Oc2ccc3c(C(=O)Nc4ccc(CN5CCN(C)CC5)c(C(F)(F)F)c4)cccc3c2)ncn1. The first-order valence-corrected chi connectivity index (χ1v) is 13.4. The largest absolute Gasteiger partial charge is 0.453 e. The highest BCUT2D eigenvalue weighted by Crippen LogP contribution is 2.35. The highest BCUT2D eigenvalue weighted by Gasteiger charge is 2.34. The average molecular weight is 595 g/mol. The van der Waals surface area contributed by atoms with Crippen molar-refractivity contribution in [2.75, 3.05) is 51.0 Å². The smallest absolute Gasteiger partial charge is 0.416 e. The van der Waals surface area contributed by atoms with Gasteiger partial charge in [0, 0.05) is 50.0 Å². The minimum Gasteiger partial charge on any atom is -0.453 e. The van der Waals surface area contributed by atoms with Crippen LogP contribution < -0.4 is 15.4 Å². The summed E-state index contributed by atoms with van der Waals surface area (Å²) in [4.78, 5) is 36.8. The topological polar surface area (TPSA) is 109 Å². The molecule has 13 heteroatoms. The molecule has 0 radical (unpaired) electrons. The molecule has 0 unspecified atom stereocenters. The van der Waals surface area contributed by atoms with E-state index in [1.54, 1.807) is 36.4 Å². The summed E-state index contributed by atoms with van der Waals surface area (Å²) in [5, 5.41) is 6.28. The molecule has 0 bridgehead atoms. The molecule has 2 amide bonds. The Bertz CT molecular complexity index is 1640. The van der Waals surface area contributed by atoms with E-state index in [9.17, 15) is 22.8 Å². The van der Waals surface area contributed by atoms with Crippen molar-refractivity contribution >= 4 is 34.3 Å². The van der Waals surface area contributed by atoms with Crippen LogP contribution in [0.15, 0.2) is 67.0 Å². The number of amides is 2. The molecule has 0 aliphatic carbocycles. The highest BCUT2D eigenvalue weighted by molar-refractivity contribution is 6.13. The van der Waals surface area contributed by atoms with Crippen molar-refractivity contribution in [3.05, 3.63) is 83.7 Å². The fraction of sp³-hybridized carbons (Fsp3) is 0.267. The quantitative estimate of drug-likeness (QED) is 0.284. The van der Waals surface area contributed by atoms with Crippen molar-refractivity contribution in [2.24, 2.45) is 0 Å². The summed E-state index contributed by atoms with van der Waals surface area (Å²) in [7, 11) is 3.21. The van der Waals surface area contributed by atoms with Crippen LogP contribution in [-0.2, 0) is 17.5 Å². The van der Waals surface area contributed by atoms with Gasteiger partial charge in [-0.05, 0) is 59.8 Å². The number of carbonyl (C=O) groups excluding carboxylic acids is 2. The number of nitrogens with zero attached hydrogens (tertiary/aromatic N) is 4. The lowest BCUT2D eigenvalue weighted by Crippen LogP contribution is -2.44. The number of anilines is 2. The van der Waals surface area contributed by atoms with Crippen molar-refractivity contribution in [3.63, 3.8) is 0 Å². The number of hydrogen-bond donors (Lipinski definition) is 2. The number of hydrogen-bond acceptors (Lipinski definition) is 8. The van der Waals surface area contributed by atoms with Crippen molar-refractivity contribution < 1.29 is 32.2 Å². The van der Waals surface area contributed by atoms with Gasteiger partial charge in [-0.25, -0.2) is 14.8 Å². The zero-order valence-corrected chi connectivity index (χ0v) is 23.4. The van der Waals surface area contributed by atoms with Gasteiger partial charge in [0.25, 0.3) is 5.91 Å². The van der Waals surface area contributed by atoms with Crippen LogP contribution in [0.3, 0.4) is 0 Å². The predicted octanol–water partition coefficient (Wildman–Crippen LogP) is 5.62. The maximum atomic E-state index is 14.0. The van der Waals surface area contributed by atoms with Crippen molar-refractivity contribution in [1.82, 2.24) is 19.8 Å². The zero-order chi connectivity index (χ0) is 30.6. The van der Waals surface area contributed by atoms with Gasteiger partial charge in [-0.3, -0.25) is 15.0 Å². The summed E-state index contributed by atoms with van der Waals surface area (Å²) in [5.41, 5.74) is -0.259. The van der Waals surface area contributed by atoms with Gasteiger partial charge in [-0.15, -0.1) is 0 Å². The second-order valence-electron chi connectivity index (χ2n) is 10.1. The van der Waals surface area contributed by atoms with Crippen LogP contribution in [0, 0.1) is 0 Å². The average Bonchev–Trinajstić information content (AvgIpc) is 2.98. The monoisotopic (exact) mass is 594 g/mol. The molecular weight excluding hydrogens is 565 g/mol. The van der Waals surface area contributed by atoms with E-state index in [-0.39, 0.29) is 35.1 Å². The van der Waals surface area contributed by atoms with Crippen LogP contribution in [0.5, 0.6) is 11.6 Å². The van der Waals surface area contributed by atoms with Gasteiger partial charge in [0.2, 0.25) is 5.88 Å². The van der Waals surface area contributed by atoms with E-state index in [0.29, 0.717) is 29.6 Å². The van der Waals surface area contributed by atoms with E-state index >= 15 is 0 Å². The highest BCUT2D eigenvalue weighted by atomic mass is 19.4. The lowest BCUT2D eigenvalue weighted by Gasteiger charge is -2.33. The molecular formula is C30H29F3N6O4. The molecule has 1 saturated heterocycles. The maximum absolute atomic E-state index is 14.0. The van der Waals surface area contributed by atoms with Crippen LogP contribution in [0.4, 0.5) is 29.5 Å². The number of rotatable bonds is 7.